The normalized spacial score (nSPS) is 16.8. The largest absolute Gasteiger partial charge is 0.573 e. The highest BCUT2D eigenvalue weighted by atomic mass is 19.4. The van der Waals surface area contributed by atoms with Gasteiger partial charge in [0.2, 0.25) is 0 Å². The lowest BCUT2D eigenvalue weighted by Gasteiger charge is -2.33. The molecule has 0 aliphatic carbocycles. The van der Waals surface area contributed by atoms with Crippen LogP contribution in [0.3, 0.4) is 0 Å². The van der Waals surface area contributed by atoms with Gasteiger partial charge in [-0.1, -0.05) is 32.0 Å². The van der Waals surface area contributed by atoms with Crippen LogP contribution >= 0.6 is 0 Å². The quantitative estimate of drug-likeness (QED) is 0.870. The number of nitrogens with two attached hydrogens (primary N) is 1. The molecule has 2 atom stereocenters. The summed E-state index contributed by atoms with van der Waals surface area (Å²) in [6, 6.07) is 5.56. The number of hydrogen-bond donors (Lipinski definition) is 2. The Hall–Kier alpha value is -1.27. The highest BCUT2D eigenvalue weighted by Gasteiger charge is 2.36. The van der Waals surface area contributed by atoms with Crippen molar-refractivity contribution in [1.29, 1.82) is 0 Å². The first-order valence-electron chi connectivity index (χ1n) is 5.96. The number of aliphatic hydroxyl groups excluding tert-OH is 1. The van der Waals surface area contributed by atoms with E-state index in [9.17, 15) is 18.3 Å². The summed E-state index contributed by atoms with van der Waals surface area (Å²) in [7, 11) is 0. The molecule has 19 heavy (non-hydrogen) atoms. The summed E-state index contributed by atoms with van der Waals surface area (Å²) >= 11 is 0. The number of benzene rings is 1. The van der Waals surface area contributed by atoms with Crippen molar-refractivity contribution in [2.45, 2.75) is 32.7 Å². The van der Waals surface area contributed by atoms with E-state index in [1.807, 2.05) is 6.92 Å². The zero-order valence-corrected chi connectivity index (χ0v) is 10.9. The van der Waals surface area contributed by atoms with Gasteiger partial charge in [0.15, 0.2) is 0 Å². The van der Waals surface area contributed by atoms with Crippen LogP contribution in [0.25, 0.3) is 0 Å². The van der Waals surface area contributed by atoms with E-state index < -0.39 is 23.6 Å². The van der Waals surface area contributed by atoms with Gasteiger partial charge in [0, 0.05) is 17.5 Å². The maximum Gasteiger partial charge on any atom is 0.573 e. The summed E-state index contributed by atoms with van der Waals surface area (Å²) in [5.74, 6) is -0.393. The van der Waals surface area contributed by atoms with Crippen molar-refractivity contribution < 1.29 is 23.0 Å². The number of ether oxygens (including phenoxy) is 1. The van der Waals surface area contributed by atoms with Crippen molar-refractivity contribution in [2.75, 3.05) is 6.54 Å². The molecule has 3 nitrogen and oxygen atoms in total. The number of alkyl halides is 3. The third kappa shape index (κ3) is 3.84. The summed E-state index contributed by atoms with van der Waals surface area (Å²) in [5, 5.41) is 10.3. The molecule has 1 aromatic carbocycles. The molecule has 1 rings (SSSR count). The smallest absolute Gasteiger partial charge is 0.405 e. The van der Waals surface area contributed by atoms with Gasteiger partial charge >= 0.3 is 6.36 Å². The van der Waals surface area contributed by atoms with Crippen LogP contribution in [-0.4, -0.2) is 18.0 Å². The molecule has 2 unspecified atom stereocenters. The van der Waals surface area contributed by atoms with Crippen LogP contribution in [0.1, 0.15) is 31.9 Å². The minimum atomic E-state index is -4.79. The first-order chi connectivity index (χ1) is 8.73. The van der Waals surface area contributed by atoms with Crippen LogP contribution in [0.15, 0.2) is 24.3 Å². The topological polar surface area (TPSA) is 55.5 Å². The average Bonchev–Trinajstić information content (AvgIpc) is 2.36. The fourth-order valence-electron chi connectivity index (χ4n) is 1.75. The highest BCUT2D eigenvalue weighted by molar-refractivity contribution is 5.36. The van der Waals surface area contributed by atoms with Gasteiger partial charge in [-0.15, -0.1) is 13.2 Å². The van der Waals surface area contributed by atoms with Crippen LogP contribution in [0, 0.1) is 5.41 Å². The summed E-state index contributed by atoms with van der Waals surface area (Å²) in [6.45, 7) is 3.70. The minimum Gasteiger partial charge on any atom is -0.405 e. The summed E-state index contributed by atoms with van der Waals surface area (Å²) in [6.07, 6.45) is -5.38. The SMILES string of the molecule is CCC(C)(CN)C(O)c1ccccc1OC(F)(F)F. The molecule has 0 aliphatic heterocycles. The van der Waals surface area contributed by atoms with Gasteiger partial charge < -0.3 is 15.6 Å². The van der Waals surface area contributed by atoms with E-state index in [4.69, 9.17) is 5.73 Å². The van der Waals surface area contributed by atoms with Gasteiger partial charge in [-0.25, -0.2) is 0 Å². The molecular weight excluding hydrogens is 259 g/mol. The summed E-state index contributed by atoms with van der Waals surface area (Å²) in [4.78, 5) is 0. The third-order valence-electron chi connectivity index (χ3n) is 3.37. The Morgan fingerprint density at radius 2 is 1.89 bits per heavy atom. The van der Waals surface area contributed by atoms with Gasteiger partial charge in [-0.2, -0.15) is 0 Å². The van der Waals surface area contributed by atoms with Crippen molar-refractivity contribution in [2.24, 2.45) is 11.1 Å². The molecule has 6 heteroatoms. The Labute approximate surface area is 110 Å². The number of rotatable bonds is 5. The molecular formula is C13H18F3NO2. The Morgan fingerprint density at radius 1 is 1.32 bits per heavy atom. The Kier molecular flexibility index (Phi) is 4.81. The van der Waals surface area contributed by atoms with Gasteiger partial charge in [-0.3, -0.25) is 0 Å². The molecule has 0 saturated heterocycles. The average molecular weight is 277 g/mol. The van der Waals surface area contributed by atoms with Crippen LogP contribution in [-0.2, 0) is 0 Å². The second kappa shape index (κ2) is 5.79. The van der Waals surface area contributed by atoms with Crippen molar-refractivity contribution in [3.63, 3.8) is 0 Å². The molecule has 0 saturated carbocycles. The Balaban J connectivity index is 3.13. The van der Waals surface area contributed by atoms with Crippen molar-refractivity contribution in [3.05, 3.63) is 29.8 Å². The minimum absolute atomic E-state index is 0.0922. The number of para-hydroxylation sites is 1. The van der Waals surface area contributed by atoms with E-state index in [-0.39, 0.29) is 12.1 Å². The molecule has 0 amide bonds. The molecule has 3 N–H and O–H groups in total. The van der Waals surface area contributed by atoms with Crippen LogP contribution in [0.4, 0.5) is 13.2 Å². The first-order valence-corrected chi connectivity index (χ1v) is 5.96. The molecule has 0 bridgehead atoms. The second-order valence-electron chi connectivity index (χ2n) is 4.70. The monoisotopic (exact) mass is 277 g/mol. The molecule has 1 aromatic rings. The third-order valence-corrected chi connectivity index (χ3v) is 3.37. The summed E-state index contributed by atoms with van der Waals surface area (Å²) < 4.78 is 40.9. The zero-order chi connectivity index (χ0) is 14.7. The molecule has 0 spiro atoms. The molecule has 0 heterocycles. The zero-order valence-electron chi connectivity index (χ0n) is 10.9. The van der Waals surface area contributed by atoms with Gasteiger partial charge in [-0.05, 0) is 12.5 Å². The van der Waals surface area contributed by atoms with Crippen LogP contribution < -0.4 is 10.5 Å². The van der Waals surface area contributed by atoms with E-state index in [1.165, 1.54) is 18.2 Å². The fourth-order valence-corrected chi connectivity index (χ4v) is 1.75. The van der Waals surface area contributed by atoms with E-state index in [0.29, 0.717) is 6.42 Å². The lowest BCUT2D eigenvalue weighted by molar-refractivity contribution is -0.275. The number of hydrogen-bond acceptors (Lipinski definition) is 3. The lowest BCUT2D eigenvalue weighted by Crippen LogP contribution is -2.33. The molecule has 0 fully saturated rings. The maximum absolute atomic E-state index is 12.3. The lowest BCUT2D eigenvalue weighted by atomic mass is 9.78. The highest BCUT2D eigenvalue weighted by Crippen LogP contribution is 2.40. The maximum atomic E-state index is 12.3. The van der Waals surface area contributed by atoms with Crippen molar-refractivity contribution >= 4 is 0 Å². The molecule has 0 aromatic heterocycles. The van der Waals surface area contributed by atoms with Gasteiger partial charge in [0.05, 0.1) is 6.10 Å². The molecule has 0 radical (unpaired) electrons. The Bertz CT molecular complexity index is 417. The first kappa shape index (κ1) is 15.8. The summed E-state index contributed by atoms with van der Waals surface area (Å²) in [5.41, 5.74) is 5.00. The Morgan fingerprint density at radius 3 is 2.37 bits per heavy atom. The molecule has 0 aliphatic rings. The van der Waals surface area contributed by atoms with E-state index in [2.05, 4.69) is 4.74 Å². The predicted octanol–water partition coefficient (Wildman–Crippen LogP) is 2.99. The van der Waals surface area contributed by atoms with Crippen LogP contribution in [0.5, 0.6) is 5.75 Å². The fraction of sp³-hybridized carbons (Fsp3) is 0.538. The number of aliphatic hydroxyl groups is 1. The van der Waals surface area contributed by atoms with Gasteiger partial charge in [0.1, 0.15) is 5.75 Å². The van der Waals surface area contributed by atoms with Crippen molar-refractivity contribution in [1.82, 2.24) is 0 Å². The van der Waals surface area contributed by atoms with Crippen LogP contribution in [0.2, 0.25) is 0 Å². The molecule has 108 valence electrons. The standard InChI is InChI=1S/C13H18F3NO2/c1-3-12(2,8-17)11(18)9-6-4-5-7-10(9)19-13(14,15)16/h4-7,11,18H,3,8,17H2,1-2H3. The van der Waals surface area contributed by atoms with Crippen molar-refractivity contribution in [3.8, 4) is 5.75 Å². The van der Waals surface area contributed by atoms with Gasteiger partial charge in [0.25, 0.3) is 0 Å². The predicted molar refractivity (Wildman–Crippen MR) is 65.5 cm³/mol. The van der Waals surface area contributed by atoms with E-state index in [1.54, 1.807) is 13.0 Å². The number of halogens is 3. The van der Waals surface area contributed by atoms with E-state index in [0.717, 1.165) is 0 Å². The van der Waals surface area contributed by atoms with E-state index >= 15 is 0 Å². The second-order valence-corrected chi connectivity index (χ2v) is 4.70.